The first-order valence-electron chi connectivity index (χ1n) is 9.19. The Morgan fingerprint density at radius 1 is 0.966 bits per heavy atom. The average Bonchev–Trinajstić information content (AvgIpc) is 3.35. The summed E-state index contributed by atoms with van der Waals surface area (Å²) in [4.78, 5) is 5.01. The summed E-state index contributed by atoms with van der Waals surface area (Å²) in [5.74, 6) is 0.288. The number of halogens is 1. The van der Waals surface area contributed by atoms with E-state index < -0.39 is 0 Å². The van der Waals surface area contributed by atoms with E-state index >= 15 is 0 Å². The van der Waals surface area contributed by atoms with Crippen LogP contribution in [0.15, 0.2) is 72.9 Å². The van der Waals surface area contributed by atoms with Crippen LogP contribution in [0.3, 0.4) is 0 Å². The maximum absolute atomic E-state index is 14.8. The van der Waals surface area contributed by atoms with Gasteiger partial charge in [0.05, 0.1) is 0 Å². The van der Waals surface area contributed by atoms with Crippen molar-refractivity contribution in [2.24, 2.45) is 0 Å². The SMILES string of the molecule is C[C@H](c1ccc(-c2ccccc2)c(F)c1)c1nn2c(-c3ccccn3)nnc2s1. The quantitative estimate of drug-likeness (QED) is 0.415. The predicted molar refractivity (Wildman–Crippen MR) is 111 cm³/mol. The van der Waals surface area contributed by atoms with Crippen molar-refractivity contribution in [3.8, 4) is 22.6 Å². The van der Waals surface area contributed by atoms with Crippen molar-refractivity contribution in [3.63, 3.8) is 0 Å². The van der Waals surface area contributed by atoms with E-state index in [1.807, 2.05) is 67.6 Å². The number of pyridine rings is 1. The zero-order valence-electron chi connectivity index (χ0n) is 15.5. The molecular formula is C22H16FN5S. The van der Waals surface area contributed by atoms with Crippen LogP contribution in [0.25, 0.3) is 27.6 Å². The van der Waals surface area contributed by atoms with Crippen LogP contribution in [0.1, 0.15) is 23.4 Å². The highest BCUT2D eigenvalue weighted by Gasteiger charge is 2.20. The summed E-state index contributed by atoms with van der Waals surface area (Å²) in [6.07, 6.45) is 1.71. The van der Waals surface area contributed by atoms with Crippen LogP contribution in [0.2, 0.25) is 0 Å². The number of benzene rings is 2. The van der Waals surface area contributed by atoms with Crippen LogP contribution in [0.5, 0.6) is 0 Å². The van der Waals surface area contributed by atoms with Crippen LogP contribution in [-0.4, -0.2) is 24.8 Å². The zero-order chi connectivity index (χ0) is 19.8. The second-order valence-corrected chi connectivity index (χ2v) is 7.69. The number of aromatic nitrogens is 5. The minimum absolute atomic E-state index is 0.0717. The number of rotatable bonds is 4. The van der Waals surface area contributed by atoms with Crippen LogP contribution < -0.4 is 0 Å². The molecule has 0 amide bonds. The van der Waals surface area contributed by atoms with Crippen LogP contribution in [0.4, 0.5) is 4.39 Å². The molecule has 0 unspecified atom stereocenters. The Labute approximate surface area is 170 Å². The lowest BCUT2D eigenvalue weighted by atomic mass is 9.97. The highest BCUT2D eigenvalue weighted by Crippen LogP contribution is 2.32. The molecule has 0 radical (unpaired) electrons. The first-order valence-corrected chi connectivity index (χ1v) is 10.0. The number of hydrogen-bond donors (Lipinski definition) is 0. The van der Waals surface area contributed by atoms with Gasteiger partial charge in [0.15, 0.2) is 0 Å². The molecule has 142 valence electrons. The fourth-order valence-electron chi connectivity index (χ4n) is 3.26. The highest BCUT2D eigenvalue weighted by atomic mass is 32.1. The van der Waals surface area contributed by atoms with Crippen molar-refractivity contribution in [2.75, 3.05) is 0 Å². The second-order valence-electron chi connectivity index (χ2n) is 6.70. The van der Waals surface area contributed by atoms with Gasteiger partial charge in [-0.15, -0.1) is 10.2 Å². The van der Waals surface area contributed by atoms with Gasteiger partial charge >= 0.3 is 0 Å². The van der Waals surface area contributed by atoms with Gasteiger partial charge in [-0.05, 0) is 29.3 Å². The molecule has 1 atom stereocenters. The van der Waals surface area contributed by atoms with E-state index in [4.69, 9.17) is 0 Å². The van der Waals surface area contributed by atoms with Gasteiger partial charge in [0, 0.05) is 17.7 Å². The first-order chi connectivity index (χ1) is 14.2. The summed E-state index contributed by atoms with van der Waals surface area (Å²) in [7, 11) is 0. The van der Waals surface area contributed by atoms with E-state index in [0.29, 0.717) is 22.0 Å². The van der Waals surface area contributed by atoms with Crippen molar-refractivity contribution >= 4 is 16.3 Å². The lowest BCUT2D eigenvalue weighted by Gasteiger charge is -2.11. The molecule has 0 aliphatic heterocycles. The fraction of sp³-hybridized carbons (Fsp3) is 0.0909. The molecule has 0 spiro atoms. The fourth-order valence-corrected chi connectivity index (χ4v) is 4.17. The molecule has 0 aliphatic carbocycles. The Morgan fingerprint density at radius 3 is 2.55 bits per heavy atom. The average molecular weight is 401 g/mol. The van der Waals surface area contributed by atoms with E-state index in [1.54, 1.807) is 16.8 Å². The van der Waals surface area contributed by atoms with Crippen molar-refractivity contribution in [3.05, 3.63) is 89.3 Å². The second kappa shape index (κ2) is 7.18. The minimum atomic E-state index is -0.238. The van der Waals surface area contributed by atoms with Crippen molar-refractivity contribution in [1.82, 2.24) is 24.8 Å². The third-order valence-electron chi connectivity index (χ3n) is 4.85. The summed E-state index contributed by atoms with van der Waals surface area (Å²) in [5.41, 5.74) is 3.04. The molecule has 0 fully saturated rings. The molecule has 29 heavy (non-hydrogen) atoms. The Balaban J connectivity index is 1.49. The van der Waals surface area contributed by atoms with Crippen molar-refractivity contribution in [2.45, 2.75) is 12.8 Å². The maximum atomic E-state index is 14.8. The Bertz CT molecular complexity index is 1280. The highest BCUT2D eigenvalue weighted by molar-refractivity contribution is 7.16. The number of hydrogen-bond acceptors (Lipinski definition) is 5. The van der Waals surface area contributed by atoms with Gasteiger partial charge in [-0.3, -0.25) is 4.98 Å². The molecule has 5 rings (SSSR count). The molecule has 3 heterocycles. The van der Waals surface area contributed by atoms with Crippen LogP contribution in [0, 0.1) is 5.82 Å². The van der Waals surface area contributed by atoms with Gasteiger partial charge in [-0.25, -0.2) is 4.39 Å². The summed E-state index contributed by atoms with van der Waals surface area (Å²) in [6, 6.07) is 20.5. The molecule has 0 saturated heterocycles. The van der Waals surface area contributed by atoms with Crippen molar-refractivity contribution in [1.29, 1.82) is 0 Å². The largest absolute Gasteiger partial charge is 0.253 e. The summed E-state index contributed by atoms with van der Waals surface area (Å²) >= 11 is 1.45. The monoisotopic (exact) mass is 401 g/mol. The normalized spacial score (nSPS) is 12.3. The molecule has 5 nitrogen and oxygen atoms in total. The first kappa shape index (κ1) is 17.6. The Kier molecular flexibility index (Phi) is 4.37. The lowest BCUT2D eigenvalue weighted by Crippen LogP contribution is -2.00. The van der Waals surface area contributed by atoms with Crippen LogP contribution in [-0.2, 0) is 0 Å². The van der Waals surface area contributed by atoms with Gasteiger partial charge < -0.3 is 0 Å². The summed E-state index contributed by atoms with van der Waals surface area (Å²) < 4.78 is 16.5. The van der Waals surface area contributed by atoms with Gasteiger partial charge in [-0.1, -0.05) is 66.8 Å². The lowest BCUT2D eigenvalue weighted by molar-refractivity contribution is 0.627. The maximum Gasteiger partial charge on any atom is 0.235 e. The van der Waals surface area contributed by atoms with Crippen LogP contribution >= 0.6 is 11.3 Å². The third kappa shape index (κ3) is 3.19. The standard InChI is InChI=1S/C22H16FN5S/c1-14(16-10-11-17(18(23)13-16)15-7-3-2-4-8-15)21-27-28-20(25-26-22(28)29-21)19-9-5-6-12-24-19/h2-14H,1H3/t14-/m1/s1. The predicted octanol–water partition coefficient (Wildman–Crippen LogP) is 5.21. The molecule has 0 bridgehead atoms. The van der Waals surface area contributed by atoms with Gasteiger partial charge in [0.1, 0.15) is 16.5 Å². The van der Waals surface area contributed by atoms with Gasteiger partial charge in [-0.2, -0.15) is 9.61 Å². The van der Waals surface area contributed by atoms with E-state index in [-0.39, 0.29) is 11.7 Å². The summed E-state index contributed by atoms with van der Waals surface area (Å²) in [6.45, 7) is 2.02. The summed E-state index contributed by atoms with van der Waals surface area (Å²) in [5, 5.41) is 13.9. The third-order valence-corrected chi connectivity index (χ3v) is 5.93. The minimum Gasteiger partial charge on any atom is -0.253 e. The van der Waals surface area contributed by atoms with E-state index in [0.717, 1.165) is 16.1 Å². The van der Waals surface area contributed by atoms with E-state index in [1.165, 1.54) is 11.3 Å². The van der Waals surface area contributed by atoms with Gasteiger partial charge in [0.2, 0.25) is 10.8 Å². The molecular weight excluding hydrogens is 385 g/mol. The molecule has 0 saturated carbocycles. The van der Waals surface area contributed by atoms with E-state index in [2.05, 4.69) is 20.3 Å². The molecule has 0 N–H and O–H groups in total. The Hall–Kier alpha value is -3.45. The molecule has 5 aromatic rings. The molecule has 7 heteroatoms. The molecule has 0 aliphatic rings. The number of nitrogens with zero attached hydrogens (tertiary/aromatic N) is 5. The smallest absolute Gasteiger partial charge is 0.235 e. The van der Waals surface area contributed by atoms with Crippen molar-refractivity contribution < 1.29 is 4.39 Å². The molecule has 3 aromatic heterocycles. The topological polar surface area (TPSA) is 56.0 Å². The molecule has 2 aromatic carbocycles. The van der Waals surface area contributed by atoms with Gasteiger partial charge in [0.25, 0.3) is 0 Å². The van der Waals surface area contributed by atoms with E-state index in [9.17, 15) is 4.39 Å². The Morgan fingerprint density at radius 2 is 1.79 bits per heavy atom. The number of fused-ring (bicyclic) bond motifs is 1. The zero-order valence-corrected chi connectivity index (χ0v) is 16.3.